The van der Waals surface area contributed by atoms with Gasteiger partial charge in [0, 0.05) is 58.3 Å². The lowest BCUT2D eigenvalue weighted by molar-refractivity contribution is -1.04. The molecule has 35 heavy (non-hydrogen) atoms. The number of allylic oxidation sites excluding steroid dienone is 1. The Kier molecular flexibility index (Phi) is 6.10. The molecule has 0 bridgehead atoms. The fourth-order valence-electron chi connectivity index (χ4n) is 3.92. The lowest BCUT2D eigenvalue weighted by atomic mass is 10.1. The molecular formula is C28H29N6O+. The minimum absolute atomic E-state index is 0.122. The van der Waals surface area contributed by atoms with Crippen molar-refractivity contribution in [2.75, 3.05) is 35.3 Å². The fraction of sp³-hybridized carbons (Fsp3) is 0.107. The number of nitrogens with one attached hydrogen (secondary N) is 3. The summed E-state index contributed by atoms with van der Waals surface area (Å²) in [6.45, 7) is 1.27. The Morgan fingerprint density at radius 3 is 2.37 bits per heavy atom. The number of fused-ring (bicyclic) bond motifs is 1. The normalized spacial score (nSPS) is 17.1. The van der Waals surface area contributed by atoms with Crippen LogP contribution in [0.15, 0.2) is 103 Å². The SMILES string of the molecule is C[N+]1(O)C=CC(Nc2ccc(CNc3ccc(Nc4ccnc5cc(N)ccc45)cc3)cc2)=CC1. The summed E-state index contributed by atoms with van der Waals surface area (Å²) in [7, 11) is 1.75. The Balaban J connectivity index is 1.16. The summed E-state index contributed by atoms with van der Waals surface area (Å²) in [6.07, 6.45) is 7.43. The van der Waals surface area contributed by atoms with E-state index < -0.39 is 0 Å². The van der Waals surface area contributed by atoms with Crippen LogP contribution >= 0.6 is 0 Å². The number of quaternary nitrogens is 1. The molecule has 7 heteroatoms. The summed E-state index contributed by atoms with van der Waals surface area (Å²) in [5.74, 6) is 0. The summed E-state index contributed by atoms with van der Waals surface area (Å²) in [5.41, 5.74) is 13.7. The van der Waals surface area contributed by atoms with Gasteiger partial charge in [-0.2, -0.15) is 4.65 Å². The van der Waals surface area contributed by atoms with Crippen molar-refractivity contribution in [1.82, 2.24) is 4.98 Å². The van der Waals surface area contributed by atoms with Gasteiger partial charge in [0.1, 0.15) is 19.8 Å². The predicted molar refractivity (Wildman–Crippen MR) is 143 cm³/mol. The molecule has 4 aromatic rings. The molecule has 1 aliphatic heterocycles. The van der Waals surface area contributed by atoms with Gasteiger partial charge in [-0.1, -0.05) is 12.1 Å². The van der Waals surface area contributed by atoms with Gasteiger partial charge in [0.05, 0.1) is 5.52 Å². The van der Waals surface area contributed by atoms with Gasteiger partial charge in [-0.05, 0) is 72.3 Å². The summed E-state index contributed by atoms with van der Waals surface area (Å²) in [4.78, 5) is 4.40. The molecule has 2 heterocycles. The van der Waals surface area contributed by atoms with Gasteiger partial charge < -0.3 is 21.7 Å². The number of hydroxylamine groups is 3. The molecule has 0 aliphatic carbocycles. The lowest BCUT2D eigenvalue weighted by Crippen LogP contribution is -2.36. The number of nitrogens with zero attached hydrogens (tertiary/aromatic N) is 2. The monoisotopic (exact) mass is 465 g/mol. The maximum Gasteiger partial charge on any atom is 0.134 e. The number of aromatic nitrogens is 1. The van der Waals surface area contributed by atoms with Crippen molar-refractivity contribution in [3.05, 3.63) is 109 Å². The predicted octanol–water partition coefficient (Wildman–Crippen LogP) is 5.83. The average molecular weight is 466 g/mol. The molecule has 0 spiro atoms. The third-order valence-electron chi connectivity index (χ3n) is 5.93. The quantitative estimate of drug-likeness (QED) is 0.174. The molecule has 0 radical (unpaired) electrons. The molecule has 1 aliphatic rings. The third-order valence-corrected chi connectivity index (χ3v) is 5.93. The van der Waals surface area contributed by atoms with Gasteiger partial charge in [-0.25, -0.2) is 5.21 Å². The number of likely N-dealkylation sites (N-methyl/N-ethyl adjacent to an activating group) is 1. The molecular weight excluding hydrogens is 436 g/mol. The highest BCUT2D eigenvalue weighted by Crippen LogP contribution is 2.27. The fourth-order valence-corrected chi connectivity index (χ4v) is 3.92. The minimum atomic E-state index is -0.122. The summed E-state index contributed by atoms with van der Waals surface area (Å²) < 4.78 is -0.122. The molecule has 1 atom stereocenters. The van der Waals surface area contributed by atoms with Crippen LogP contribution in [0.25, 0.3) is 10.9 Å². The third kappa shape index (κ3) is 5.60. The van der Waals surface area contributed by atoms with Crippen LogP contribution in [0.1, 0.15) is 5.56 Å². The highest BCUT2D eigenvalue weighted by molar-refractivity contribution is 5.94. The Hall–Kier alpha value is -4.33. The van der Waals surface area contributed by atoms with Gasteiger partial charge in [0.2, 0.25) is 0 Å². The maximum absolute atomic E-state index is 9.94. The first-order chi connectivity index (χ1) is 16.9. The van der Waals surface area contributed by atoms with Crippen LogP contribution in [0.4, 0.5) is 28.4 Å². The van der Waals surface area contributed by atoms with E-state index in [0.29, 0.717) is 12.2 Å². The highest BCUT2D eigenvalue weighted by atomic mass is 16.5. The molecule has 5 rings (SSSR count). The second-order valence-corrected chi connectivity index (χ2v) is 8.88. The number of nitrogen functional groups attached to an aromatic ring is 1. The van der Waals surface area contributed by atoms with E-state index in [-0.39, 0.29) is 4.65 Å². The summed E-state index contributed by atoms with van der Waals surface area (Å²) in [6, 6.07) is 24.3. The molecule has 1 unspecified atom stereocenters. The van der Waals surface area contributed by atoms with E-state index in [0.717, 1.165) is 45.9 Å². The first-order valence-electron chi connectivity index (χ1n) is 11.5. The van der Waals surface area contributed by atoms with Crippen molar-refractivity contribution < 1.29 is 9.85 Å². The molecule has 1 aromatic heterocycles. The maximum atomic E-state index is 9.94. The van der Waals surface area contributed by atoms with Crippen LogP contribution in [0.2, 0.25) is 0 Å². The largest absolute Gasteiger partial charge is 0.399 e. The molecule has 6 N–H and O–H groups in total. The molecule has 0 saturated heterocycles. The van der Waals surface area contributed by atoms with Gasteiger partial charge in [0.15, 0.2) is 0 Å². The van der Waals surface area contributed by atoms with Crippen LogP contribution < -0.4 is 21.7 Å². The van der Waals surface area contributed by atoms with Crippen molar-refractivity contribution in [3.8, 4) is 0 Å². The zero-order valence-electron chi connectivity index (χ0n) is 19.6. The number of pyridine rings is 1. The van der Waals surface area contributed by atoms with Crippen molar-refractivity contribution in [2.45, 2.75) is 6.54 Å². The van der Waals surface area contributed by atoms with Crippen LogP contribution in [-0.2, 0) is 6.54 Å². The van der Waals surface area contributed by atoms with Crippen molar-refractivity contribution in [3.63, 3.8) is 0 Å². The average Bonchev–Trinajstić information content (AvgIpc) is 2.86. The Labute approximate surface area is 204 Å². The second kappa shape index (κ2) is 9.50. The number of nitrogens with two attached hydrogens (primary N) is 1. The molecule has 176 valence electrons. The van der Waals surface area contributed by atoms with Gasteiger partial charge >= 0.3 is 0 Å². The summed E-state index contributed by atoms with van der Waals surface area (Å²) >= 11 is 0. The van der Waals surface area contributed by atoms with E-state index >= 15 is 0 Å². The van der Waals surface area contributed by atoms with E-state index in [1.54, 1.807) is 19.4 Å². The van der Waals surface area contributed by atoms with E-state index in [1.807, 2.05) is 36.4 Å². The van der Waals surface area contributed by atoms with Crippen LogP contribution in [0.5, 0.6) is 0 Å². The minimum Gasteiger partial charge on any atom is -0.399 e. The molecule has 0 amide bonds. The van der Waals surface area contributed by atoms with Gasteiger partial charge in [-0.3, -0.25) is 4.98 Å². The second-order valence-electron chi connectivity index (χ2n) is 8.88. The van der Waals surface area contributed by atoms with Crippen molar-refractivity contribution in [1.29, 1.82) is 0 Å². The van der Waals surface area contributed by atoms with E-state index in [1.165, 1.54) is 5.56 Å². The number of rotatable bonds is 7. The van der Waals surface area contributed by atoms with Crippen molar-refractivity contribution in [2.24, 2.45) is 0 Å². The number of benzene rings is 3. The Bertz CT molecular complexity index is 1390. The van der Waals surface area contributed by atoms with Gasteiger partial charge in [-0.15, -0.1) is 0 Å². The molecule has 0 fully saturated rings. The smallest absolute Gasteiger partial charge is 0.134 e. The first-order valence-corrected chi connectivity index (χ1v) is 11.5. The van der Waals surface area contributed by atoms with Crippen molar-refractivity contribution >= 4 is 39.3 Å². The van der Waals surface area contributed by atoms with Crippen LogP contribution in [-0.4, -0.2) is 28.4 Å². The Morgan fingerprint density at radius 1 is 0.914 bits per heavy atom. The van der Waals surface area contributed by atoms with Crippen LogP contribution in [0, 0.1) is 0 Å². The number of hydrogen-bond donors (Lipinski definition) is 5. The summed E-state index contributed by atoms with van der Waals surface area (Å²) in [5, 5.41) is 21.3. The number of anilines is 5. The first kappa shape index (κ1) is 22.5. The highest BCUT2D eigenvalue weighted by Gasteiger charge is 2.17. The van der Waals surface area contributed by atoms with Gasteiger partial charge in [0.25, 0.3) is 0 Å². The zero-order valence-corrected chi connectivity index (χ0v) is 19.6. The number of hydrogen-bond acceptors (Lipinski definition) is 6. The van der Waals surface area contributed by atoms with Crippen LogP contribution in [0.3, 0.4) is 0 Å². The van der Waals surface area contributed by atoms with E-state index in [4.69, 9.17) is 5.73 Å². The Morgan fingerprint density at radius 2 is 1.63 bits per heavy atom. The van der Waals surface area contributed by atoms with E-state index in [9.17, 15) is 5.21 Å². The standard InChI is InChI=1S/C28H29N6O/c1-34(35)16-13-25(14-17-34)32-23-5-2-20(3-6-23)19-31-22-7-9-24(10-8-22)33-27-12-15-30-28-18-21(29)4-11-26(27)28/h2-16,18,31-32,35H,17,19,29H2,1H3,(H,30,33)/q+1. The zero-order chi connectivity index (χ0) is 24.3. The lowest BCUT2D eigenvalue weighted by Gasteiger charge is -2.22. The topological polar surface area (TPSA) is 95.2 Å². The molecule has 7 nitrogen and oxygen atoms in total. The molecule has 0 saturated carbocycles. The van der Waals surface area contributed by atoms with E-state index in [2.05, 4.69) is 69.5 Å². The molecule has 3 aromatic carbocycles.